The molecule has 3 nitrogen and oxygen atoms in total. The van der Waals surface area contributed by atoms with Crippen LogP contribution in [0.25, 0.3) is 10.8 Å². The molecule has 3 saturated heterocycles. The first kappa shape index (κ1) is 15.6. The van der Waals surface area contributed by atoms with Gasteiger partial charge in [0.2, 0.25) is 5.91 Å². The average Bonchev–Trinajstić information content (AvgIpc) is 2.66. The van der Waals surface area contributed by atoms with Gasteiger partial charge in [-0.05, 0) is 54.6 Å². The van der Waals surface area contributed by atoms with E-state index in [1.165, 1.54) is 42.3 Å². The maximum atomic E-state index is 12.7. The predicted octanol–water partition coefficient (Wildman–Crippen LogP) is 3.33. The molecule has 1 atom stereocenters. The van der Waals surface area contributed by atoms with Crippen LogP contribution >= 0.6 is 0 Å². The van der Waals surface area contributed by atoms with E-state index in [1.807, 2.05) is 11.9 Å². The topological polar surface area (TPSA) is 23.6 Å². The molecule has 2 aromatic rings. The lowest BCUT2D eigenvalue weighted by atomic mass is 9.83. The minimum absolute atomic E-state index is 0.293. The van der Waals surface area contributed by atoms with E-state index in [4.69, 9.17) is 0 Å². The van der Waals surface area contributed by atoms with Gasteiger partial charge in [0.15, 0.2) is 0 Å². The zero-order chi connectivity index (χ0) is 16.5. The van der Waals surface area contributed by atoms with E-state index in [1.54, 1.807) is 0 Å². The lowest BCUT2D eigenvalue weighted by Gasteiger charge is -2.48. The first-order valence-electron chi connectivity index (χ1n) is 9.17. The number of amides is 1. The summed E-state index contributed by atoms with van der Waals surface area (Å²) >= 11 is 0. The summed E-state index contributed by atoms with van der Waals surface area (Å²) in [6, 6.07) is 15.3. The smallest absolute Gasteiger partial charge is 0.222 e. The Bertz CT molecular complexity index is 728. The molecule has 0 spiro atoms. The summed E-state index contributed by atoms with van der Waals surface area (Å²) in [4.78, 5) is 17.3. The summed E-state index contributed by atoms with van der Waals surface area (Å²) in [7, 11) is 2.01. The van der Waals surface area contributed by atoms with E-state index in [-0.39, 0.29) is 0 Å². The molecule has 0 aromatic heterocycles. The Morgan fingerprint density at radius 2 is 1.88 bits per heavy atom. The van der Waals surface area contributed by atoms with Crippen LogP contribution in [-0.4, -0.2) is 48.4 Å². The number of likely N-dealkylation sites (N-methyl/N-ethyl adjacent to an activating group) is 1. The molecule has 3 heteroatoms. The van der Waals surface area contributed by atoms with Crippen LogP contribution in [0.2, 0.25) is 0 Å². The van der Waals surface area contributed by atoms with Crippen molar-refractivity contribution in [2.24, 2.45) is 5.92 Å². The van der Waals surface area contributed by atoms with Crippen molar-refractivity contribution in [3.05, 3.63) is 48.0 Å². The molecule has 126 valence electrons. The van der Waals surface area contributed by atoms with Crippen molar-refractivity contribution in [3.8, 4) is 0 Å². The number of benzene rings is 2. The minimum Gasteiger partial charge on any atom is -0.341 e. The SMILES string of the molecule is CN(C(=O)CCc1cccc2ccccc12)C1CN2CCC1CC2. The van der Waals surface area contributed by atoms with Crippen LogP contribution in [0.5, 0.6) is 0 Å². The maximum absolute atomic E-state index is 12.7. The molecule has 1 unspecified atom stereocenters. The Morgan fingerprint density at radius 3 is 2.62 bits per heavy atom. The molecule has 0 N–H and O–H groups in total. The molecule has 5 rings (SSSR count). The molecule has 2 bridgehead atoms. The van der Waals surface area contributed by atoms with Crippen LogP contribution in [0.4, 0.5) is 0 Å². The van der Waals surface area contributed by atoms with Gasteiger partial charge in [0.1, 0.15) is 0 Å². The van der Waals surface area contributed by atoms with E-state index in [0.29, 0.717) is 24.3 Å². The lowest BCUT2D eigenvalue weighted by molar-refractivity contribution is -0.135. The van der Waals surface area contributed by atoms with Gasteiger partial charge < -0.3 is 9.80 Å². The van der Waals surface area contributed by atoms with Gasteiger partial charge >= 0.3 is 0 Å². The highest BCUT2D eigenvalue weighted by atomic mass is 16.2. The third-order valence-electron chi connectivity index (χ3n) is 6.00. The molecule has 3 fully saturated rings. The Labute approximate surface area is 144 Å². The zero-order valence-corrected chi connectivity index (χ0v) is 14.4. The predicted molar refractivity (Wildman–Crippen MR) is 98.0 cm³/mol. The molecule has 3 aliphatic rings. The summed E-state index contributed by atoms with van der Waals surface area (Å²) < 4.78 is 0. The van der Waals surface area contributed by atoms with Gasteiger partial charge in [-0.15, -0.1) is 0 Å². The van der Waals surface area contributed by atoms with Crippen molar-refractivity contribution < 1.29 is 4.79 Å². The second-order valence-corrected chi connectivity index (χ2v) is 7.35. The Morgan fingerprint density at radius 1 is 1.12 bits per heavy atom. The molecule has 1 amide bonds. The van der Waals surface area contributed by atoms with Crippen molar-refractivity contribution in [3.63, 3.8) is 0 Å². The van der Waals surface area contributed by atoms with Crippen molar-refractivity contribution >= 4 is 16.7 Å². The Balaban J connectivity index is 1.42. The highest BCUT2D eigenvalue weighted by molar-refractivity contribution is 5.86. The first-order chi connectivity index (χ1) is 11.7. The van der Waals surface area contributed by atoms with Gasteiger partial charge in [0.05, 0.1) is 0 Å². The van der Waals surface area contributed by atoms with E-state index in [2.05, 4.69) is 47.4 Å². The minimum atomic E-state index is 0.293. The average molecular weight is 322 g/mol. The van der Waals surface area contributed by atoms with Crippen LogP contribution in [0.15, 0.2) is 42.5 Å². The summed E-state index contributed by atoms with van der Waals surface area (Å²) in [6.07, 6.45) is 3.94. The maximum Gasteiger partial charge on any atom is 0.222 e. The molecular weight excluding hydrogens is 296 g/mol. The van der Waals surface area contributed by atoms with E-state index in [0.717, 1.165) is 13.0 Å². The highest BCUT2D eigenvalue weighted by Gasteiger charge is 2.37. The molecule has 3 aliphatic heterocycles. The van der Waals surface area contributed by atoms with Crippen molar-refractivity contribution in [2.75, 3.05) is 26.7 Å². The number of carbonyl (C=O) groups is 1. The molecule has 0 saturated carbocycles. The second kappa shape index (κ2) is 6.56. The van der Waals surface area contributed by atoms with Gasteiger partial charge in [0.25, 0.3) is 0 Å². The van der Waals surface area contributed by atoms with Crippen LogP contribution in [-0.2, 0) is 11.2 Å². The number of fused-ring (bicyclic) bond motifs is 4. The van der Waals surface area contributed by atoms with Crippen LogP contribution in [0.3, 0.4) is 0 Å². The third-order valence-corrected chi connectivity index (χ3v) is 6.00. The number of piperidine rings is 3. The van der Waals surface area contributed by atoms with Crippen LogP contribution in [0.1, 0.15) is 24.8 Å². The fraction of sp³-hybridized carbons (Fsp3) is 0.476. The van der Waals surface area contributed by atoms with Gasteiger partial charge in [0, 0.05) is 26.1 Å². The Hall–Kier alpha value is -1.87. The standard InChI is InChI=1S/C21H26N2O/c1-22(20-15-23-13-11-18(20)12-14-23)21(24)10-9-17-7-4-6-16-5-2-3-8-19(16)17/h2-8,18,20H,9-15H2,1H3. The number of aryl methyl sites for hydroxylation is 1. The molecule has 2 aromatic carbocycles. The van der Waals surface area contributed by atoms with Crippen molar-refractivity contribution in [2.45, 2.75) is 31.7 Å². The summed E-state index contributed by atoms with van der Waals surface area (Å²) in [5.41, 5.74) is 1.28. The quantitative estimate of drug-likeness (QED) is 0.862. The number of hydrogen-bond donors (Lipinski definition) is 0. The molecule has 3 heterocycles. The number of rotatable bonds is 4. The molecule has 0 radical (unpaired) electrons. The first-order valence-corrected chi connectivity index (χ1v) is 9.17. The summed E-state index contributed by atoms with van der Waals surface area (Å²) in [6.45, 7) is 3.51. The normalized spacial score (nSPS) is 25.8. The van der Waals surface area contributed by atoms with Gasteiger partial charge in [-0.2, -0.15) is 0 Å². The monoisotopic (exact) mass is 322 g/mol. The summed E-state index contributed by atoms with van der Waals surface area (Å²) in [5, 5.41) is 2.53. The number of nitrogens with zero attached hydrogens (tertiary/aromatic N) is 2. The van der Waals surface area contributed by atoms with E-state index in [9.17, 15) is 4.79 Å². The largest absolute Gasteiger partial charge is 0.341 e. The second-order valence-electron chi connectivity index (χ2n) is 7.35. The van der Waals surface area contributed by atoms with Crippen LogP contribution < -0.4 is 0 Å². The van der Waals surface area contributed by atoms with Crippen molar-refractivity contribution in [1.82, 2.24) is 9.80 Å². The molecular formula is C21H26N2O. The molecule has 24 heavy (non-hydrogen) atoms. The van der Waals surface area contributed by atoms with Gasteiger partial charge in [-0.3, -0.25) is 4.79 Å². The van der Waals surface area contributed by atoms with Gasteiger partial charge in [-0.1, -0.05) is 42.5 Å². The Kier molecular flexibility index (Phi) is 4.28. The highest BCUT2D eigenvalue weighted by Crippen LogP contribution is 2.30. The third kappa shape index (κ3) is 2.93. The lowest BCUT2D eigenvalue weighted by Crippen LogP contribution is -2.57. The van der Waals surface area contributed by atoms with E-state index < -0.39 is 0 Å². The van der Waals surface area contributed by atoms with Gasteiger partial charge in [-0.25, -0.2) is 0 Å². The molecule has 0 aliphatic carbocycles. The fourth-order valence-corrected chi connectivity index (χ4v) is 4.49. The van der Waals surface area contributed by atoms with Crippen molar-refractivity contribution in [1.29, 1.82) is 0 Å². The fourth-order valence-electron chi connectivity index (χ4n) is 4.49. The van der Waals surface area contributed by atoms with Crippen LogP contribution in [0, 0.1) is 5.92 Å². The van der Waals surface area contributed by atoms with E-state index >= 15 is 0 Å². The number of hydrogen-bond acceptors (Lipinski definition) is 2. The number of carbonyl (C=O) groups excluding carboxylic acids is 1. The zero-order valence-electron chi connectivity index (χ0n) is 14.4. The summed E-state index contributed by atoms with van der Waals surface area (Å²) in [5.74, 6) is 1.00.